The smallest absolute Gasteiger partial charge is 0.240 e. The molecule has 8 heteroatoms. The van der Waals surface area contributed by atoms with Crippen molar-refractivity contribution >= 4 is 10.0 Å². The summed E-state index contributed by atoms with van der Waals surface area (Å²) < 4.78 is 48.0. The third kappa shape index (κ3) is 4.33. The van der Waals surface area contributed by atoms with E-state index in [0.717, 1.165) is 6.42 Å². The Labute approximate surface area is 130 Å². The second-order valence-corrected chi connectivity index (χ2v) is 6.49. The number of sulfonamides is 1. The number of hydrogen-bond donors (Lipinski definition) is 1. The maximum Gasteiger partial charge on any atom is 0.240 e. The predicted octanol–water partition coefficient (Wildman–Crippen LogP) is 1.14. The highest BCUT2D eigenvalue weighted by atomic mass is 32.2. The SMILES string of the molecule is COc1ccc(S(=O)(=O)NCCC2OCCCO2)cc1OC. The Morgan fingerprint density at radius 3 is 2.50 bits per heavy atom. The summed E-state index contributed by atoms with van der Waals surface area (Å²) in [5, 5.41) is 0. The van der Waals surface area contributed by atoms with Gasteiger partial charge in [0.25, 0.3) is 0 Å². The van der Waals surface area contributed by atoms with Crippen molar-refractivity contribution in [1.82, 2.24) is 4.72 Å². The Morgan fingerprint density at radius 1 is 1.18 bits per heavy atom. The lowest BCUT2D eigenvalue weighted by Gasteiger charge is -2.23. The maximum atomic E-state index is 12.3. The highest BCUT2D eigenvalue weighted by Gasteiger charge is 2.19. The van der Waals surface area contributed by atoms with Crippen LogP contribution in [0.1, 0.15) is 12.8 Å². The van der Waals surface area contributed by atoms with E-state index in [1.807, 2.05) is 0 Å². The third-order valence-electron chi connectivity index (χ3n) is 3.23. The van der Waals surface area contributed by atoms with Gasteiger partial charge >= 0.3 is 0 Å². The van der Waals surface area contributed by atoms with Crippen molar-refractivity contribution in [2.75, 3.05) is 34.0 Å². The average molecular weight is 331 g/mol. The first-order chi connectivity index (χ1) is 10.6. The van der Waals surface area contributed by atoms with Crippen molar-refractivity contribution in [3.8, 4) is 11.5 Å². The second kappa shape index (κ2) is 7.77. The Morgan fingerprint density at radius 2 is 1.86 bits per heavy atom. The Kier molecular flexibility index (Phi) is 6.01. The van der Waals surface area contributed by atoms with Crippen LogP contribution < -0.4 is 14.2 Å². The highest BCUT2D eigenvalue weighted by molar-refractivity contribution is 7.89. The minimum atomic E-state index is -3.62. The van der Waals surface area contributed by atoms with E-state index in [4.69, 9.17) is 18.9 Å². The van der Waals surface area contributed by atoms with Gasteiger partial charge in [-0.25, -0.2) is 13.1 Å². The molecule has 1 heterocycles. The second-order valence-electron chi connectivity index (χ2n) is 4.73. The molecule has 2 rings (SSSR count). The number of rotatable bonds is 7. The first-order valence-electron chi connectivity index (χ1n) is 7.01. The van der Waals surface area contributed by atoms with Crippen LogP contribution in [0.15, 0.2) is 23.1 Å². The fourth-order valence-electron chi connectivity index (χ4n) is 2.08. The summed E-state index contributed by atoms with van der Waals surface area (Å²) in [5.74, 6) is 0.842. The van der Waals surface area contributed by atoms with Gasteiger partial charge in [0.2, 0.25) is 10.0 Å². The molecule has 22 heavy (non-hydrogen) atoms. The van der Waals surface area contributed by atoms with Gasteiger partial charge in [-0.2, -0.15) is 0 Å². The van der Waals surface area contributed by atoms with E-state index in [1.54, 1.807) is 6.07 Å². The van der Waals surface area contributed by atoms with Crippen LogP contribution in [0.4, 0.5) is 0 Å². The fraction of sp³-hybridized carbons (Fsp3) is 0.571. The zero-order valence-corrected chi connectivity index (χ0v) is 13.5. The van der Waals surface area contributed by atoms with Gasteiger partial charge in [-0.3, -0.25) is 0 Å². The first kappa shape index (κ1) is 17.0. The van der Waals surface area contributed by atoms with E-state index in [2.05, 4.69) is 4.72 Å². The number of methoxy groups -OCH3 is 2. The molecule has 0 aromatic heterocycles. The normalized spacial score (nSPS) is 16.5. The Balaban J connectivity index is 1.97. The van der Waals surface area contributed by atoms with Crippen molar-refractivity contribution in [2.45, 2.75) is 24.0 Å². The maximum absolute atomic E-state index is 12.3. The van der Waals surface area contributed by atoms with Crippen molar-refractivity contribution in [3.05, 3.63) is 18.2 Å². The molecular formula is C14H21NO6S. The lowest BCUT2D eigenvalue weighted by Crippen LogP contribution is -2.31. The van der Waals surface area contributed by atoms with Crippen molar-refractivity contribution in [1.29, 1.82) is 0 Å². The quantitative estimate of drug-likeness (QED) is 0.806. The summed E-state index contributed by atoms with van der Waals surface area (Å²) in [7, 11) is -0.663. The number of hydrogen-bond acceptors (Lipinski definition) is 6. The molecule has 1 fully saturated rings. The lowest BCUT2D eigenvalue weighted by molar-refractivity contribution is -0.180. The van der Waals surface area contributed by atoms with Crippen LogP contribution in [0.3, 0.4) is 0 Å². The average Bonchev–Trinajstić information content (AvgIpc) is 2.55. The van der Waals surface area contributed by atoms with Gasteiger partial charge in [0.15, 0.2) is 17.8 Å². The van der Waals surface area contributed by atoms with Gasteiger partial charge in [0, 0.05) is 19.0 Å². The molecule has 0 atom stereocenters. The molecule has 1 aromatic carbocycles. The molecule has 0 aliphatic carbocycles. The van der Waals surface area contributed by atoms with Crippen molar-refractivity contribution < 1.29 is 27.4 Å². The molecule has 1 aromatic rings. The van der Waals surface area contributed by atoms with Crippen molar-refractivity contribution in [3.63, 3.8) is 0 Å². The van der Waals surface area contributed by atoms with Gasteiger partial charge in [-0.1, -0.05) is 0 Å². The summed E-state index contributed by atoms with van der Waals surface area (Å²) in [6.45, 7) is 1.53. The van der Waals surface area contributed by atoms with E-state index in [0.29, 0.717) is 31.1 Å². The van der Waals surface area contributed by atoms with Gasteiger partial charge in [0.05, 0.1) is 32.3 Å². The minimum absolute atomic E-state index is 0.121. The third-order valence-corrected chi connectivity index (χ3v) is 4.69. The Hall–Kier alpha value is -1.35. The Bertz CT molecular complexity index is 583. The van der Waals surface area contributed by atoms with Gasteiger partial charge in [0.1, 0.15) is 0 Å². The summed E-state index contributed by atoms with van der Waals surface area (Å²) in [4.78, 5) is 0.121. The molecule has 0 amide bonds. The van der Waals surface area contributed by atoms with Crippen LogP contribution in [0.5, 0.6) is 11.5 Å². The standard InChI is InChI=1S/C14H21NO6S/c1-18-12-5-4-11(10-13(12)19-2)22(16,17)15-7-6-14-20-8-3-9-21-14/h4-5,10,14-15H,3,6-9H2,1-2H3. The van der Waals surface area contributed by atoms with E-state index in [-0.39, 0.29) is 17.7 Å². The van der Waals surface area contributed by atoms with Crippen LogP contribution in [0.25, 0.3) is 0 Å². The summed E-state index contributed by atoms with van der Waals surface area (Å²) in [6, 6.07) is 4.45. The summed E-state index contributed by atoms with van der Waals surface area (Å²) in [5.41, 5.74) is 0. The molecule has 124 valence electrons. The molecule has 1 aliphatic rings. The topological polar surface area (TPSA) is 83.1 Å². The summed E-state index contributed by atoms with van der Waals surface area (Å²) >= 11 is 0. The van der Waals surface area contributed by atoms with E-state index in [1.165, 1.54) is 26.4 Å². The number of nitrogens with one attached hydrogen (secondary N) is 1. The number of benzene rings is 1. The van der Waals surface area contributed by atoms with Crippen LogP contribution >= 0.6 is 0 Å². The van der Waals surface area contributed by atoms with Crippen LogP contribution in [0, 0.1) is 0 Å². The molecule has 1 aliphatic heterocycles. The van der Waals surface area contributed by atoms with Crippen LogP contribution in [-0.4, -0.2) is 48.7 Å². The van der Waals surface area contributed by atoms with Crippen LogP contribution in [-0.2, 0) is 19.5 Å². The largest absolute Gasteiger partial charge is 0.493 e. The minimum Gasteiger partial charge on any atom is -0.493 e. The van der Waals surface area contributed by atoms with E-state index < -0.39 is 10.0 Å². The molecule has 1 saturated heterocycles. The van der Waals surface area contributed by atoms with Crippen molar-refractivity contribution in [2.24, 2.45) is 0 Å². The molecule has 7 nitrogen and oxygen atoms in total. The van der Waals surface area contributed by atoms with E-state index >= 15 is 0 Å². The first-order valence-corrected chi connectivity index (χ1v) is 8.50. The van der Waals surface area contributed by atoms with Gasteiger partial charge in [-0.15, -0.1) is 0 Å². The van der Waals surface area contributed by atoms with Gasteiger partial charge in [-0.05, 0) is 18.6 Å². The molecular weight excluding hydrogens is 310 g/mol. The molecule has 0 saturated carbocycles. The molecule has 0 spiro atoms. The van der Waals surface area contributed by atoms with E-state index in [9.17, 15) is 8.42 Å². The molecule has 0 bridgehead atoms. The lowest BCUT2D eigenvalue weighted by atomic mass is 10.3. The predicted molar refractivity (Wildman–Crippen MR) is 79.7 cm³/mol. The van der Waals surface area contributed by atoms with Gasteiger partial charge < -0.3 is 18.9 Å². The molecule has 1 N–H and O–H groups in total. The monoisotopic (exact) mass is 331 g/mol. The molecule has 0 radical (unpaired) electrons. The summed E-state index contributed by atoms with van der Waals surface area (Å²) in [6.07, 6.45) is 0.988. The highest BCUT2D eigenvalue weighted by Crippen LogP contribution is 2.29. The number of ether oxygens (including phenoxy) is 4. The fourth-order valence-corrected chi connectivity index (χ4v) is 3.14. The zero-order chi connectivity index (χ0) is 16.0. The molecule has 0 unspecified atom stereocenters. The van der Waals surface area contributed by atoms with Crippen LogP contribution in [0.2, 0.25) is 0 Å². The zero-order valence-electron chi connectivity index (χ0n) is 12.7.